The highest BCUT2D eigenvalue weighted by molar-refractivity contribution is 6.30. The second-order valence-electron chi connectivity index (χ2n) is 9.17. The van der Waals surface area contributed by atoms with Gasteiger partial charge in [0.1, 0.15) is 0 Å². The van der Waals surface area contributed by atoms with Gasteiger partial charge >= 0.3 is 0 Å². The standard InChI is InChI=1S/C25H24ClN3O/c1-14-4-6-15(7-5-14)20-21-18(12-25(2,3)13-19(21)30)27-24-22(20)23(28-29-24)16-8-10-17(26)11-9-16/h4-11,20H,12-13H2,1-3H3,(H2,27,28,29). The van der Waals surface area contributed by atoms with Crippen LogP contribution in [0.1, 0.15) is 49.3 Å². The number of hydrogen-bond donors (Lipinski definition) is 2. The Morgan fingerprint density at radius 1 is 1.03 bits per heavy atom. The molecule has 3 aromatic rings. The molecule has 2 heterocycles. The fourth-order valence-electron chi connectivity index (χ4n) is 4.72. The van der Waals surface area contributed by atoms with Crippen molar-refractivity contribution < 1.29 is 4.79 Å². The minimum absolute atomic E-state index is 0.0619. The number of anilines is 1. The normalized spacial score (nSPS) is 19.9. The molecule has 30 heavy (non-hydrogen) atoms. The van der Waals surface area contributed by atoms with Gasteiger partial charge in [0.15, 0.2) is 11.6 Å². The number of aromatic nitrogens is 2. The van der Waals surface area contributed by atoms with E-state index in [0.717, 1.165) is 45.9 Å². The third-order valence-electron chi connectivity index (χ3n) is 6.11. The molecule has 2 N–H and O–H groups in total. The number of allylic oxidation sites excluding steroid dienone is 2. The highest BCUT2D eigenvalue weighted by atomic mass is 35.5. The third-order valence-corrected chi connectivity index (χ3v) is 6.37. The SMILES string of the molecule is Cc1ccc(C2C3=C(CC(C)(C)CC3=O)Nc3n[nH]c(-c4ccc(Cl)cc4)c32)cc1. The molecule has 5 heteroatoms. The number of halogens is 1. The molecular weight excluding hydrogens is 394 g/mol. The maximum absolute atomic E-state index is 13.4. The number of nitrogens with one attached hydrogen (secondary N) is 2. The summed E-state index contributed by atoms with van der Waals surface area (Å²) in [4.78, 5) is 13.4. The molecule has 0 fully saturated rings. The van der Waals surface area contributed by atoms with Crippen LogP contribution >= 0.6 is 11.6 Å². The molecule has 5 rings (SSSR count). The number of carbonyl (C=O) groups is 1. The Labute approximate surface area is 181 Å². The molecule has 4 nitrogen and oxygen atoms in total. The first-order valence-electron chi connectivity index (χ1n) is 10.3. The van der Waals surface area contributed by atoms with Crippen LogP contribution in [0.2, 0.25) is 5.02 Å². The number of benzene rings is 2. The van der Waals surface area contributed by atoms with Gasteiger partial charge in [-0.05, 0) is 36.5 Å². The number of nitrogens with zero attached hydrogens (tertiary/aromatic N) is 1. The molecule has 0 saturated carbocycles. The number of carbonyl (C=O) groups excluding carboxylic acids is 1. The molecular formula is C25H24ClN3O. The zero-order valence-electron chi connectivity index (χ0n) is 17.3. The maximum Gasteiger partial charge on any atom is 0.162 e. The number of H-pyrrole nitrogens is 1. The molecule has 0 spiro atoms. The Hall–Kier alpha value is -2.85. The highest BCUT2D eigenvalue weighted by Crippen LogP contribution is 2.50. The van der Waals surface area contributed by atoms with Crippen LogP contribution in [-0.2, 0) is 4.79 Å². The third kappa shape index (κ3) is 3.16. The topological polar surface area (TPSA) is 57.8 Å². The van der Waals surface area contributed by atoms with Crippen molar-refractivity contribution in [3.63, 3.8) is 0 Å². The van der Waals surface area contributed by atoms with E-state index in [1.807, 2.05) is 24.3 Å². The predicted molar refractivity (Wildman–Crippen MR) is 121 cm³/mol. The smallest absolute Gasteiger partial charge is 0.162 e. The molecule has 0 bridgehead atoms. The van der Waals surface area contributed by atoms with Crippen LogP contribution in [0, 0.1) is 12.3 Å². The number of hydrogen-bond acceptors (Lipinski definition) is 3. The van der Waals surface area contributed by atoms with Crippen LogP contribution in [0.25, 0.3) is 11.3 Å². The van der Waals surface area contributed by atoms with Gasteiger partial charge in [-0.15, -0.1) is 0 Å². The zero-order chi connectivity index (χ0) is 21.0. The van der Waals surface area contributed by atoms with Gasteiger partial charge in [0.25, 0.3) is 0 Å². The summed E-state index contributed by atoms with van der Waals surface area (Å²) >= 11 is 6.10. The number of aromatic amines is 1. The van der Waals surface area contributed by atoms with Crippen molar-refractivity contribution in [3.05, 3.63) is 81.5 Å². The van der Waals surface area contributed by atoms with Gasteiger partial charge in [0.05, 0.1) is 5.69 Å². The lowest BCUT2D eigenvalue weighted by Gasteiger charge is -2.38. The number of Topliss-reactive ketones (excluding diaryl/α,β-unsaturated/α-hetero) is 1. The van der Waals surface area contributed by atoms with E-state index in [4.69, 9.17) is 11.6 Å². The lowest BCUT2D eigenvalue weighted by atomic mass is 9.69. The van der Waals surface area contributed by atoms with Gasteiger partial charge < -0.3 is 5.32 Å². The molecule has 0 amide bonds. The summed E-state index contributed by atoms with van der Waals surface area (Å²) in [5, 5.41) is 12.0. The number of rotatable bonds is 2. The quantitative estimate of drug-likeness (QED) is 0.518. The molecule has 0 radical (unpaired) electrons. The van der Waals surface area contributed by atoms with E-state index < -0.39 is 0 Å². The zero-order valence-corrected chi connectivity index (χ0v) is 18.1. The summed E-state index contributed by atoms with van der Waals surface area (Å²) < 4.78 is 0. The van der Waals surface area contributed by atoms with Crippen LogP contribution in [0.15, 0.2) is 59.8 Å². The molecule has 1 aromatic heterocycles. The van der Waals surface area contributed by atoms with Gasteiger partial charge in [-0.25, -0.2) is 0 Å². The van der Waals surface area contributed by atoms with Crippen molar-refractivity contribution >= 4 is 23.2 Å². The Morgan fingerprint density at radius 3 is 2.43 bits per heavy atom. The first-order chi connectivity index (χ1) is 14.3. The summed E-state index contributed by atoms with van der Waals surface area (Å²) in [6.07, 6.45) is 1.39. The molecule has 1 unspecified atom stereocenters. The summed E-state index contributed by atoms with van der Waals surface area (Å²) in [5.74, 6) is 0.868. The first-order valence-corrected chi connectivity index (χ1v) is 10.6. The molecule has 1 aliphatic heterocycles. The average molecular weight is 418 g/mol. The lowest BCUT2D eigenvalue weighted by molar-refractivity contribution is -0.118. The molecule has 152 valence electrons. The van der Waals surface area contributed by atoms with Crippen LogP contribution in [0.3, 0.4) is 0 Å². The van der Waals surface area contributed by atoms with Crippen LogP contribution < -0.4 is 5.32 Å². The molecule has 2 aromatic carbocycles. The molecule has 1 aliphatic carbocycles. The second-order valence-corrected chi connectivity index (χ2v) is 9.61. The van der Waals surface area contributed by atoms with E-state index in [1.54, 1.807) is 0 Å². The van der Waals surface area contributed by atoms with Crippen LogP contribution in [-0.4, -0.2) is 16.0 Å². The summed E-state index contributed by atoms with van der Waals surface area (Å²) in [6.45, 7) is 6.38. The minimum Gasteiger partial charge on any atom is -0.342 e. The van der Waals surface area contributed by atoms with E-state index in [9.17, 15) is 4.79 Å². The van der Waals surface area contributed by atoms with Gasteiger partial charge in [0, 0.05) is 39.8 Å². The van der Waals surface area contributed by atoms with E-state index in [0.29, 0.717) is 11.4 Å². The van der Waals surface area contributed by atoms with Crippen molar-refractivity contribution in [1.29, 1.82) is 0 Å². The minimum atomic E-state index is -0.148. The van der Waals surface area contributed by atoms with E-state index in [2.05, 4.69) is 60.6 Å². The van der Waals surface area contributed by atoms with E-state index >= 15 is 0 Å². The van der Waals surface area contributed by atoms with Gasteiger partial charge in [-0.1, -0.05) is 67.4 Å². The van der Waals surface area contributed by atoms with Crippen LogP contribution in [0.4, 0.5) is 5.82 Å². The highest BCUT2D eigenvalue weighted by Gasteiger charge is 2.42. The molecule has 2 aliphatic rings. The Balaban J connectivity index is 1.73. The number of ketones is 1. The average Bonchev–Trinajstić information content (AvgIpc) is 3.10. The first kappa shape index (κ1) is 19.1. The molecule has 0 saturated heterocycles. The Bertz CT molecular complexity index is 1170. The fraction of sp³-hybridized carbons (Fsp3) is 0.280. The van der Waals surface area contributed by atoms with Crippen molar-refractivity contribution in [1.82, 2.24) is 10.2 Å². The number of fused-ring (bicyclic) bond motifs is 1. The summed E-state index contributed by atoms with van der Waals surface area (Å²) in [5.41, 5.74) is 7.07. The largest absolute Gasteiger partial charge is 0.342 e. The lowest BCUT2D eigenvalue weighted by Crippen LogP contribution is -2.33. The summed E-state index contributed by atoms with van der Waals surface area (Å²) in [7, 11) is 0. The predicted octanol–water partition coefficient (Wildman–Crippen LogP) is 6.24. The molecule has 1 atom stereocenters. The summed E-state index contributed by atoms with van der Waals surface area (Å²) in [6, 6.07) is 16.2. The van der Waals surface area contributed by atoms with Gasteiger partial charge in [-0.2, -0.15) is 5.10 Å². The van der Waals surface area contributed by atoms with E-state index in [-0.39, 0.29) is 17.1 Å². The van der Waals surface area contributed by atoms with Crippen molar-refractivity contribution in [2.75, 3.05) is 5.32 Å². The van der Waals surface area contributed by atoms with Crippen molar-refractivity contribution in [3.8, 4) is 11.3 Å². The monoisotopic (exact) mass is 417 g/mol. The number of aryl methyl sites for hydroxylation is 1. The fourth-order valence-corrected chi connectivity index (χ4v) is 4.85. The van der Waals surface area contributed by atoms with E-state index in [1.165, 1.54) is 5.56 Å². The van der Waals surface area contributed by atoms with Gasteiger partial charge in [0.2, 0.25) is 0 Å². The Morgan fingerprint density at radius 2 is 1.73 bits per heavy atom. The second kappa shape index (κ2) is 6.85. The van der Waals surface area contributed by atoms with Gasteiger partial charge in [-0.3, -0.25) is 9.89 Å². The van der Waals surface area contributed by atoms with Crippen LogP contribution in [0.5, 0.6) is 0 Å². The maximum atomic E-state index is 13.4. The van der Waals surface area contributed by atoms with Crippen molar-refractivity contribution in [2.45, 2.75) is 39.5 Å². The van der Waals surface area contributed by atoms with Crippen molar-refractivity contribution in [2.24, 2.45) is 5.41 Å². The Kier molecular flexibility index (Phi) is 4.37.